The third-order valence-corrected chi connectivity index (χ3v) is 4.39. The second kappa shape index (κ2) is 9.25. The minimum atomic E-state index is -0.651. The Hall–Kier alpha value is -1.30. The van der Waals surface area contributed by atoms with Crippen LogP contribution in [0.1, 0.15) is 38.7 Å². The number of aliphatic hydroxyl groups is 1. The number of benzene rings is 1. The van der Waals surface area contributed by atoms with E-state index in [9.17, 15) is 5.11 Å². The van der Waals surface area contributed by atoms with Gasteiger partial charge in [-0.25, -0.2) is 0 Å². The Morgan fingerprint density at radius 1 is 1.25 bits per heavy atom. The molecule has 1 aromatic rings. The summed E-state index contributed by atoms with van der Waals surface area (Å²) in [7, 11) is 1.66. The number of ether oxygens (including phenoxy) is 3. The van der Waals surface area contributed by atoms with Gasteiger partial charge < -0.3 is 24.6 Å². The van der Waals surface area contributed by atoms with Gasteiger partial charge in [0.1, 0.15) is 0 Å². The van der Waals surface area contributed by atoms with Gasteiger partial charge in [0.05, 0.1) is 19.3 Å². The minimum absolute atomic E-state index is 0.575. The molecule has 2 rings (SSSR count). The first-order valence-electron chi connectivity index (χ1n) is 8.83. The lowest BCUT2D eigenvalue weighted by molar-refractivity contribution is -0.0617. The van der Waals surface area contributed by atoms with E-state index in [1.165, 1.54) is 0 Å². The molecule has 0 unspecified atom stereocenters. The molecule has 5 heteroatoms. The van der Waals surface area contributed by atoms with E-state index in [0.717, 1.165) is 23.5 Å². The number of nitrogens with one attached hydrogen (secondary N) is 1. The van der Waals surface area contributed by atoms with Crippen molar-refractivity contribution in [3.63, 3.8) is 0 Å². The molecule has 1 aliphatic heterocycles. The summed E-state index contributed by atoms with van der Waals surface area (Å²) in [6.45, 7) is 7.58. The van der Waals surface area contributed by atoms with Crippen LogP contribution in [0.4, 0.5) is 0 Å². The predicted octanol–water partition coefficient (Wildman–Crippen LogP) is 2.75. The van der Waals surface area contributed by atoms with E-state index in [-0.39, 0.29) is 0 Å². The number of hydrogen-bond acceptors (Lipinski definition) is 5. The van der Waals surface area contributed by atoms with Crippen LogP contribution in [0, 0.1) is 5.92 Å². The number of methoxy groups -OCH3 is 1. The van der Waals surface area contributed by atoms with E-state index < -0.39 is 5.60 Å². The van der Waals surface area contributed by atoms with Gasteiger partial charge in [-0.15, -0.1) is 0 Å². The van der Waals surface area contributed by atoms with E-state index in [2.05, 4.69) is 19.2 Å². The maximum absolute atomic E-state index is 10.5. The molecule has 1 aliphatic rings. The van der Waals surface area contributed by atoms with Gasteiger partial charge in [-0.3, -0.25) is 0 Å². The Balaban J connectivity index is 1.87. The molecule has 5 nitrogen and oxygen atoms in total. The molecule has 136 valence electrons. The van der Waals surface area contributed by atoms with Crippen LogP contribution in [0.25, 0.3) is 0 Å². The predicted molar refractivity (Wildman–Crippen MR) is 94.7 cm³/mol. The van der Waals surface area contributed by atoms with Gasteiger partial charge in [0.15, 0.2) is 11.5 Å². The fourth-order valence-electron chi connectivity index (χ4n) is 2.72. The summed E-state index contributed by atoms with van der Waals surface area (Å²) in [5.74, 6) is 2.15. The zero-order chi connectivity index (χ0) is 17.4. The molecule has 0 amide bonds. The molecular weight excluding hydrogens is 306 g/mol. The summed E-state index contributed by atoms with van der Waals surface area (Å²) in [4.78, 5) is 0. The number of hydrogen-bond donors (Lipinski definition) is 2. The third kappa shape index (κ3) is 5.96. The van der Waals surface area contributed by atoms with Gasteiger partial charge in [-0.2, -0.15) is 0 Å². The first-order chi connectivity index (χ1) is 11.5. The topological polar surface area (TPSA) is 60.0 Å². The molecule has 24 heavy (non-hydrogen) atoms. The van der Waals surface area contributed by atoms with E-state index in [0.29, 0.717) is 51.7 Å². The van der Waals surface area contributed by atoms with Crippen LogP contribution in [0.5, 0.6) is 11.5 Å². The molecule has 0 saturated carbocycles. The maximum atomic E-state index is 10.5. The Labute approximate surface area is 145 Å². The van der Waals surface area contributed by atoms with Crippen molar-refractivity contribution in [3.05, 3.63) is 23.8 Å². The van der Waals surface area contributed by atoms with Crippen molar-refractivity contribution in [3.8, 4) is 11.5 Å². The molecule has 0 bridgehead atoms. The molecule has 1 saturated heterocycles. The Kier molecular flexibility index (Phi) is 7.34. The molecule has 1 heterocycles. The van der Waals surface area contributed by atoms with Crippen LogP contribution >= 0.6 is 0 Å². The van der Waals surface area contributed by atoms with Gasteiger partial charge >= 0.3 is 0 Å². The second-order valence-electron chi connectivity index (χ2n) is 6.96. The van der Waals surface area contributed by atoms with Crippen LogP contribution in [-0.2, 0) is 11.3 Å². The van der Waals surface area contributed by atoms with Gasteiger partial charge in [0, 0.05) is 39.1 Å². The molecule has 0 radical (unpaired) electrons. The van der Waals surface area contributed by atoms with Crippen molar-refractivity contribution >= 4 is 0 Å². The maximum Gasteiger partial charge on any atom is 0.161 e. The molecule has 0 aromatic heterocycles. The lowest BCUT2D eigenvalue weighted by atomic mass is 9.94. The quantitative estimate of drug-likeness (QED) is 0.725. The molecule has 0 aliphatic carbocycles. The monoisotopic (exact) mass is 337 g/mol. The standard InChI is InChI=1S/C19H31NO4/c1-15(2)6-9-24-18-12-16(4-5-17(18)22-3)13-20-14-19(21)7-10-23-11-8-19/h4-5,12,15,20-21H,6-11,13-14H2,1-3H3. The molecular formula is C19H31NO4. The van der Waals surface area contributed by atoms with Crippen LogP contribution in [0.2, 0.25) is 0 Å². The Morgan fingerprint density at radius 2 is 2.00 bits per heavy atom. The SMILES string of the molecule is COc1ccc(CNCC2(O)CCOCC2)cc1OCCC(C)C. The molecule has 0 spiro atoms. The van der Waals surface area contributed by atoms with Crippen molar-refractivity contribution < 1.29 is 19.3 Å². The van der Waals surface area contributed by atoms with Crippen molar-refractivity contribution in [2.75, 3.05) is 33.5 Å². The summed E-state index contributed by atoms with van der Waals surface area (Å²) in [5, 5.41) is 13.8. The first kappa shape index (κ1) is 19.0. The summed E-state index contributed by atoms with van der Waals surface area (Å²) in [6, 6.07) is 5.97. The highest BCUT2D eigenvalue weighted by Crippen LogP contribution is 2.28. The van der Waals surface area contributed by atoms with Crippen molar-refractivity contribution in [1.82, 2.24) is 5.32 Å². The zero-order valence-corrected chi connectivity index (χ0v) is 15.1. The largest absolute Gasteiger partial charge is 0.493 e. The molecule has 0 atom stereocenters. The van der Waals surface area contributed by atoms with Crippen LogP contribution < -0.4 is 14.8 Å². The van der Waals surface area contributed by atoms with Crippen LogP contribution in [-0.4, -0.2) is 44.2 Å². The van der Waals surface area contributed by atoms with Crippen molar-refractivity contribution in [2.24, 2.45) is 5.92 Å². The highest BCUT2D eigenvalue weighted by atomic mass is 16.5. The lowest BCUT2D eigenvalue weighted by Gasteiger charge is -2.32. The van der Waals surface area contributed by atoms with Crippen LogP contribution in [0.15, 0.2) is 18.2 Å². The molecule has 2 N–H and O–H groups in total. The Morgan fingerprint density at radius 3 is 2.67 bits per heavy atom. The average molecular weight is 337 g/mol. The van der Waals surface area contributed by atoms with Gasteiger partial charge in [0.2, 0.25) is 0 Å². The molecule has 1 aromatic carbocycles. The fraction of sp³-hybridized carbons (Fsp3) is 0.684. The highest BCUT2D eigenvalue weighted by molar-refractivity contribution is 5.42. The Bertz CT molecular complexity index is 498. The normalized spacial score (nSPS) is 17.0. The van der Waals surface area contributed by atoms with Gasteiger partial charge in [0.25, 0.3) is 0 Å². The van der Waals surface area contributed by atoms with Gasteiger partial charge in [-0.1, -0.05) is 19.9 Å². The third-order valence-electron chi connectivity index (χ3n) is 4.39. The number of rotatable bonds is 9. The second-order valence-corrected chi connectivity index (χ2v) is 6.96. The van der Waals surface area contributed by atoms with E-state index >= 15 is 0 Å². The smallest absolute Gasteiger partial charge is 0.161 e. The minimum Gasteiger partial charge on any atom is -0.493 e. The van der Waals surface area contributed by atoms with E-state index in [1.54, 1.807) is 7.11 Å². The first-order valence-corrected chi connectivity index (χ1v) is 8.83. The van der Waals surface area contributed by atoms with Crippen LogP contribution in [0.3, 0.4) is 0 Å². The summed E-state index contributed by atoms with van der Waals surface area (Å²) in [6.07, 6.45) is 2.39. The molecule has 1 fully saturated rings. The fourth-order valence-corrected chi connectivity index (χ4v) is 2.72. The highest BCUT2D eigenvalue weighted by Gasteiger charge is 2.29. The summed E-state index contributed by atoms with van der Waals surface area (Å²) in [5.41, 5.74) is 0.465. The summed E-state index contributed by atoms with van der Waals surface area (Å²) >= 11 is 0. The lowest BCUT2D eigenvalue weighted by Crippen LogP contribution is -2.44. The van der Waals surface area contributed by atoms with Crippen molar-refractivity contribution in [2.45, 2.75) is 45.3 Å². The zero-order valence-electron chi connectivity index (χ0n) is 15.1. The van der Waals surface area contributed by atoms with E-state index in [1.807, 2.05) is 18.2 Å². The van der Waals surface area contributed by atoms with Crippen molar-refractivity contribution in [1.29, 1.82) is 0 Å². The van der Waals surface area contributed by atoms with Gasteiger partial charge in [-0.05, 0) is 30.0 Å². The van der Waals surface area contributed by atoms with E-state index in [4.69, 9.17) is 14.2 Å². The average Bonchev–Trinajstić information content (AvgIpc) is 2.55. The summed E-state index contributed by atoms with van der Waals surface area (Å²) < 4.78 is 16.6.